The van der Waals surface area contributed by atoms with E-state index in [0.717, 1.165) is 29.3 Å². The van der Waals surface area contributed by atoms with Gasteiger partial charge < -0.3 is 10.1 Å². The molecule has 0 radical (unpaired) electrons. The quantitative estimate of drug-likeness (QED) is 0.883. The van der Waals surface area contributed by atoms with Gasteiger partial charge in [0.05, 0.1) is 7.11 Å². The number of anilines is 1. The van der Waals surface area contributed by atoms with E-state index in [4.69, 9.17) is 4.74 Å². The van der Waals surface area contributed by atoms with Crippen LogP contribution in [0.4, 0.5) is 5.82 Å². The standard InChI is InChI=1S/C16H20N4O/c1-3-13-9-14(20-15(19-13)11-6-7-11)18-10-12-5-4-8-17-16(12)21-2/h4-5,8-9,11H,3,6-7,10H2,1-2H3,(H,18,19,20). The summed E-state index contributed by atoms with van der Waals surface area (Å²) in [6.07, 6.45) is 5.08. The van der Waals surface area contributed by atoms with Gasteiger partial charge in [-0.1, -0.05) is 13.0 Å². The van der Waals surface area contributed by atoms with E-state index >= 15 is 0 Å². The second-order valence-corrected chi connectivity index (χ2v) is 5.26. The Kier molecular flexibility index (Phi) is 3.99. The Bertz CT molecular complexity index is 625. The first-order valence-corrected chi connectivity index (χ1v) is 7.39. The minimum Gasteiger partial charge on any atom is -0.481 e. The molecule has 5 heteroatoms. The Morgan fingerprint density at radius 2 is 2.19 bits per heavy atom. The molecule has 0 spiro atoms. The molecule has 1 aliphatic carbocycles. The molecule has 1 N–H and O–H groups in total. The van der Waals surface area contributed by atoms with E-state index in [2.05, 4.69) is 27.2 Å². The van der Waals surface area contributed by atoms with Crippen LogP contribution in [0, 0.1) is 0 Å². The number of rotatable bonds is 6. The molecule has 1 fully saturated rings. The number of methoxy groups -OCH3 is 1. The van der Waals surface area contributed by atoms with Gasteiger partial charge in [0.15, 0.2) is 0 Å². The molecule has 3 rings (SSSR count). The summed E-state index contributed by atoms with van der Waals surface area (Å²) in [6.45, 7) is 2.76. The van der Waals surface area contributed by atoms with Crippen molar-refractivity contribution in [2.45, 2.75) is 38.6 Å². The lowest BCUT2D eigenvalue weighted by Gasteiger charge is -2.11. The van der Waals surface area contributed by atoms with Crippen LogP contribution < -0.4 is 10.1 Å². The fourth-order valence-electron chi connectivity index (χ4n) is 2.24. The number of nitrogens with one attached hydrogen (secondary N) is 1. The van der Waals surface area contributed by atoms with Gasteiger partial charge in [-0.2, -0.15) is 0 Å². The maximum Gasteiger partial charge on any atom is 0.218 e. The number of pyridine rings is 1. The zero-order valence-electron chi connectivity index (χ0n) is 12.5. The van der Waals surface area contributed by atoms with Crippen LogP contribution in [-0.4, -0.2) is 22.1 Å². The molecule has 0 aliphatic heterocycles. The molecular formula is C16H20N4O. The van der Waals surface area contributed by atoms with Gasteiger partial charge in [0, 0.05) is 36.0 Å². The van der Waals surface area contributed by atoms with Crippen molar-refractivity contribution in [2.24, 2.45) is 0 Å². The van der Waals surface area contributed by atoms with Crippen LogP contribution in [-0.2, 0) is 13.0 Å². The van der Waals surface area contributed by atoms with Crippen molar-refractivity contribution >= 4 is 5.82 Å². The molecule has 0 atom stereocenters. The highest BCUT2D eigenvalue weighted by Crippen LogP contribution is 2.38. The molecule has 0 saturated heterocycles. The van der Waals surface area contributed by atoms with E-state index in [0.29, 0.717) is 18.3 Å². The lowest BCUT2D eigenvalue weighted by molar-refractivity contribution is 0.393. The molecule has 21 heavy (non-hydrogen) atoms. The predicted molar refractivity (Wildman–Crippen MR) is 81.5 cm³/mol. The van der Waals surface area contributed by atoms with Gasteiger partial charge in [-0.3, -0.25) is 0 Å². The third-order valence-corrected chi connectivity index (χ3v) is 3.60. The third-order valence-electron chi connectivity index (χ3n) is 3.60. The first-order chi connectivity index (χ1) is 10.3. The summed E-state index contributed by atoms with van der Waals surface area (Å²) < 4.78 is 5.27. The van der Waals surface area contributed by atoms with Crippen LogP contribution in [0.25, 0.3) is 0 Å². The summed E-state index contributed by atoms with van der Waals surface area (Å²) in [5, 5.41) is 3.36. The molecule has 1 aliphatic rings. The zero-order valence-corrected chi connectivity index (χ0v) is 12.5. The second-order valence-electron chi connectivity index (χ2n) is 5.26. The van der Waals surface area contributed by atoms with Gasteiger partial charge in [-0.25, -0.2) is 15.0 Å². The van der Waals surface area contributed by atoms with E-state index in [1.54, 1.807) is 13.3 Å². The van der Waals surface area contributed by atoms with Crippen LogP contribution >= 0.6 is 0 Å². The lowest BCUT2D eigenvalue weighted by atomic mass is 10.2. The molecule has 0 unspecified atom stereocenters. The molecule has 0 amide bonds. The van der Waals surface area contributed by atoms with E-state index in [-0.39, 0.29) is 0 Å². The Labute approximate surface area is 124 Å². The third kappa shape index (κ3) is 3.29. The first kappa shape index (κ1) is 13.8. The number of aryl methyl sites for hydroxylation is 1. The number of hydrogen-bond donors (Lipinski definition) is 1. The fraction of sp³-hybridized carbons (Fsp3) is 0.438. The normalized spacial score (nSPS) is 14.0. The summed E-state index contributed by atoms with van der Waals surface area (Å²) in [6, 6.07) is 5.93. The number of hydrogen-bond acceptors (Lipinski definition) is 5. The van der Waals surface area contributed by atoms with E-state index in [1.165, 1.54) is 12.8 Å². The monoisotopic (exact) mass is 284 g/mol. The van der Waals surface area contributed by atoms with Gasteiger partial charge in [0.25, 0.3) is 0 Å². The predicted octanol–water partition coefficient (Wildman–Crippen LogP) is 2.93. The van der Waals surface area contributed by atoms with Crippen LogP contribution in [0.3, 0.4) is 0 Å². The van der Waals surface area contributed by atoms with Crippen molar-refractivity contribution in [1.29, 1.82) is 0 Å². The van der Waals surface area contributed by atoms with Crippen molar-refractivity contribution in [3.8, 4) is 5.88 Å². The average Bonchev–Trinajstić information content (AvgIpc) is 3.37. The Hall–Kier alpha value is -2.17. The van der Waals surface area contributed by atoms with Crippen LogP contribution in [0.1, 0.15) is 42.8 Å². The van der Waals surface area contributed by atoms with Crippen molar-refractivity contribution in [1.82, 2.24) is 15.0 Å². The lowest BCUT2D eigenvalue weighted by Crippen LogP contribution is -2.07. The molecule has 0 bridgehead atoms. The van der Waals surface area contributed by atoms with Gasteiger partial charge in [0.1, 0.15) is 11.6 Å². The molecule has 2 aromatic heterocycles. The zero-order chi connectivity index (χ0) is 14.7. The molecule has 5 nitrogen and oxygen atoms in total. The van der Waals surface area contributed by atoms with Gasteiger partial charge in [-0.05, 0) is 25.3 Å². The SMILES string of the molecule is CCc1cc(NCc2cccnc2OC)nc(C2CC2)n1. The van der Waals surface area contributed by atoms with Crippen LogP contribution in [0.5, 0.6) is 5.88 Å². The Balaban J connectivity index is 1.76. The molecule has 1 saturated carbocycles. The summed E-state index contributed by atoms with van der Waals surface area (Å²) in [4.78, 5) is 13.4. The smallest absolute Gasteiger partial charge is 0.218 e. The highest BCUT2D eigenvalue weighted by Gasteiger charge is 2.27. The fourth-order valence-corrected chi connectivity index (χ4v) is 2.24. The second kappa shape index (κ2) is 6.08. The number of aromatic nitrogens is 3. The molecule has 110 valence electrons. The summed E-state index contributed by atoms with van der Waals surface area (Å²) in [7, 11) is 1.64. The molecule has 0 aromatic carbocycles. The van der Waals surface area contributed by atoms with Crippen molar-refractivity contribution < 1.29 is 4.74 Å². The van der Waals surface area contributed by atoms with E-state index < -0.39 is 0 Å². The maximum atomic E-state index is 5.27. The summed E-state index contributed by atoms with van der Waals surface area (Å²) >= 11 is 0. The van der Waals surface area contributed by atoms with Gasteiger partial charge in [-0.15, -0.1) is 0 Å². The van der Waals surface area contributed by atoms with Crippen LogP contribution in [0.2, 0.25) is 0 Å². The summed E-state index contributed by atoms with van der Waals surface area (Å²) in [5.41, 5.74) is 2.11. The van der Waals surface area contributed by atoms with Crippen molar-refractivity contribution in [3.05, 3.63) is 41.5 Å². The molecular weight excluding hydrogens is 264 g/mol. The Morgan fingerprint density at radius 1 is 1.33 bits per heavy atom. The minimum atomic E-state index is 0.560. The van der Waals surface area contributed by atoms with Crippen molar-refractivity contribution in [2.75, 3.05) is 12.4 Å². The van der Waals surface area contributed by atoms with E-state index in [1.807, 2.05) is 18.2 Å². The maximum absolute atomic E-state index is 5.27. The highest BCUT2D eigenvalue weighted by molar-refractivity contribution is 5.39. The average molecular weight is 284 g/mol. The molecule has 2 aromatic rings. The number of nitrogens with zero attached hydrogens (tertiary/aromatic N) is 3. The first-order valence-electron chi connectivity index (χ1n) is 7.39. The van der Waals surface area contributed by atoms with Crippen molar-refractivity contribution in [3.63, 3.8) is 0 Å². The minimum absolute atomic E-state index is 0.560. The van der Waals surface area contributed by atoms with Gasteiger partial charge >= 0.3 is 0 Å². The Morgan fingerprint density at radius 3 is 2.90 bits per heavy atom. The molecule has 2 heterocycles. The van der Waals surface area contributed by atoms with Crippen LogP contribution in [0.15, 0.2) is 24.4 Å². The van der Waals surface area contributed by atoms with Gasteiger partial charge in [0.2, 0.25) is 5.88 Å². The topological polar surface area (TPSA) is 59.9 Å². The highest BCUT2D eigenvalue weighted by atomic mass is 16.5. The largest absolute Gasteiger partial charge is 0.481 e. The van der Waals surface area contributed by atoms with E-state index in [9.17, 15) is 0 Å². The summed E-state index contributed by atoms with van der Waals surface area (Å²) in [5.74, 6) is 3.08. The number of ether oxygens (including phenoxy) is 1.